The van der Waals surface area contributed by atoms with E-state index in [1.54, 1.807) is 18.0 Å². The zero-order valence-corrected chi connectivity index (χ0v) is 9.95. The minimum absolute atomic E-state index is 0.0345. The lowest BCUT2D eigenvalue weighted by molar-refractivity contribution is -0.119. The van der Waals surface area contributed by atoms with Crippen LogP contribution in [0.4, 0.5) is 11.5 Å². The molecule has 1 rings (SSSR count). The van der Waals surface area contributed by atoms with Gasteiger partial charge in [0.15, 0.2) is 5.82 Å². The molecule has 0 bridgehead atoms. The van der Waals surface area contributed by atoms with E-state index in [0.29, 0.717) is 18.1 Å². The summed E-state index contributed by atoms with van der Waals surface area (Å²) < 4.78 is 0. The number of likely N-dealkylation sites (N-methyl/N-ethyl adjacent to an activating group) is 2. The monoisotopic (exact) mass is 222 g/mol. The van der Waals surface area contributed by atoms with Crippen LogP contribution < -0.4 is 16.0 Å². The van der Waals surface area contributed by atoms with E-state index in [1.807, 2.05) is 19.9 Å². The summed E-state index contributed by atoms with van der Waals surface area (Å²) in [6.07, 6.45) is 0. The molecule has 0 saturated carbocycles. The highest BCUT2D eigenvalue weighted by Gasteiger charge is 2.10. The van der Waals surface area contributed by atoms with Crippen molar-refractivity contribution in [2.75, 3.05) is 30.8 Å². The summed E-state index contributed by atoms with van der Waals surface area (Å²) in [4.78, 5) is 17.5. The van der Waals surface area contributed by atoms with Gasteiger partial charge in [-0.05, 0) is 26.0 Å². The summed E-state index contributed by atoms with van der Waals surface area (Å²) in [6, 6.07) is 3.64. The molecule has 0 fully saturated rings. The summed E-state index contributed by atoms with van der Waals surface area (Å²) in [7, 11) is 1.80. The van der Waals surface area contributed by atoms with Crippen LogP contribution in [0, 0.1) is 6.92 Å². The zero-order valence-electron chi connectivity index (χ0n) is 9.95. The number of nitrogens with zero attached hydrogens (tertiary/aromatic N) is 2. The molecule has 5 nitrogen and oxygen atoms in total. The van der Waals surface area contributed by atoms with Gasteiger partial charge in [0.2, 0.25) is 5.91 Å². The molecule has 88 valence electrons. The van der Waals surface area contributed by atoms with Gasteiger partial charge in [-0.15, -0.1) is 0 Å². The van der Waals surface area contributed by atoms with Crippen molar-refractivity contribution >= 4 is 17.4 Å². The molecule has 0 radical (unpaired) electrons. The number of carbonyl (C=O) groups excluding carboxylic acids is 1. The van der Waals surface area contributed by atoms with Gasteiger partial charge in [0.1, 0.15) is 0 Å². The highest BCUT2D eigenvalue weighted by molar-refractivity contribution is 5.82. The van der Waals surface area contributed by atoms with Crippen LogP contribution in [0.1, 0.15) is 12.6 Å². The lowest BCUT2D eigenvalue weighted by Crippen LogP contribution is -2.35. The number of nitrogen functional groups attached to an aromatic ring is 1. The summed E-state index contributed by atoms with van der Waals surface area (Å²) in [5, 5.41) is 2.73. The minimum atomic E-state index is -0.0345. The van der Waals surface area contributed by atoms with Gasteiger partial charge in [0, 0.05) is 19.3 Å². The molecule has 16 heavy (non-hydrogen) atoms. The van der Waals surface area contributed by atoms with Crippen molar-refractivity contribution in [1.29, 1.82) is 0 Å². The average Bonchev–Trinajstić information content (AvgIpc) is 2.21. The molecule has 1 heterocycles. The van der Waals surface area contributed by atoms with Crippen LogP contribution in [0.2, 0.25) is 0 Å². The molecule has 0 unspecified atom stereocenters. The fourth-order valence-electron chi connectivity index (χ4n) is 1.40. The quantitative estimate of drug-likeness (QED) is 0.780. The largest absolute Gasteiger partial charge is 0.396 e. The number of amides is 1. The van der Waals surface area contributed by atoms with E-state index in [4.69, 9.17) is 5.73 Å². The third-order valence-electron chi connectivity index (χ3n) is 2.16. The lowest BCUT2D eigenvalue weighted by Gasteiger charge is -2.19. The number of pyridine rings is 1. The standard InChI is InChI=1S/C11H18N4O/c1-4-13-10(16)7-15(3)11-9(12)6-5-8(2)14-11/h5-6H,4,7,12H2,1-3H3,(H,13,16). The molecule has 0 aliphatic carbocycles. The van der Waals surface area contributed by atoms with Crippen molar-refractivity contribution in [1.82, 2.24) is 10.3 Å². The number of anilines is 2. The highest BCUT2D eigenvalue weighted by Crippen LogP contribution is 2.18. The molecule has 0 saturated heterocycles. The minimum Gasteiger partial charge on any atom is -0.396 e. The van der Waals surface area contributed by atoms with Crippen molar-refractivity contribution in [3.63, 3.8) is 0 Å². The Labute approximate surface area is 95.7 Å². The SMILES string of the molecule is CCNC(=O)CN(C)c1nc(C)ccc1N. The van der Waals surface area contributed by atoms with E-state index in [0.717, 1.165) is 5.69 Å². The first-order valence-corrected chi connectivity index (χ1v) is 5.25. The Balaban J connectivity index is 2.76. The number of carbonyl (C=O) groups is 1. The number of rotatable bonds is 4. The summed E-state index contributed by atoms with van der Waals surface area (Å²) >= 11 is 0. The maximum atomic E-state index is 11.4. The molecular formula is C11H18N4O. The fraction of sp³-hybridized carbons (Fsp3) is 0.455. The van der Waals surface area contributed by atoms with Gasteiger partial charge in [-0.25, -0.2) is 4.98 Å². The number of nitrogens with one attached hydrogen (secondary N) is 1. The zero-order chi connectivity index (χ0) is 12.1. The maximum Gasteiger partial charge on any atom is 0.239 e. The Bertz CT molecular complexity index is 378. The Morgan fingerprint density at radius 2 is 2.25 bits per heavy atom. The topological polar surface area (TPSA) is 71.2 Å². The summed E-state index contributed by atoms with van der Waals surface area (Å²) in [5.41, 5.74) is 7.27. The molecule has 0 spiro atoms. The normalized spacial score (nSPS) is 9.94. The summed E-state index contributed by atoms with van der Waals surface area (Å²) in [6.45, 7) is 4.66. The number of aromatic nitrogens is 1. The van der Waals surface area contributed by atoms with Crippen molar-refractivity contribution in [3.05, 3.63) is 17.8 Å². The first-order valence-electron chi connectivity index (χ1n) is 5.25. The van der Waals surface area contributed by atoms with Crippen molar-refractivity contribution in [2.45, 2.75) is 13.8 Å². The van der Waals surface area contributed by atoms with Crippen molar-refractivity contribution in [3.8, 4) is 0 Å². The van der Waals surface area contributed by atoms with E-state index in [9.17, 15) is 4.79 Å². The Kier molecular flexibility index (Phi) is 4.10. The van der Waals surface area contributed by atoms with Gasteiger partial charge in [0.05, 0.1) is 12.2 Å². The van der Waals surface area contributed by atoms with Gasteiger partial charge >= 0.3 is 0 Å². The Morgan fingerprint density at radius 3 is 2.88 bits per heavy atom. The van der Waals surface area contributed by atoms with Crippen LogP contribution in [0.25, 0.3) is 0 Å². The third-order valence-corrected chi connectivity index (χ3v) is 2.16. The van der Waals surface area contributed by atoms with E-state index in [-0.39, 0.29) is 12.5 Å². The molecule has 0 aliphatic rings. The van der Waals surface area contributed by atoms with Crippen LogP contribution in [-0.2, 0) is 4.79 Å². The smallest absolute Gasteiger partial charge is 0.239 e. The van der Waals surface area contributed by atoms with Crippen LogP contribution in [0.5, 0.6) is 0 Å². The van der Waals surface area contributed by atoms with Crippen LogP contribution in [0.15, 0.2) is 12.1 Å². The fourth-order valence-corrected chi connectivity index (χ4v) is 1.40. The molecule has 0 aromatic carbocycles. The second-order valence-electron chi connectivity index (χ2n) is 3.68. The number of hydrogen-bond donors (Lipinski definition) is 2. The molecule has 1 amide bonds. The number of hydrogen-bond acceptors (Lipinski definition) is 4. The Hall–Kier alpha value is -1.78. The van der Waals surface area contributed by atoms with Crippen LogP contribution in [0.3, 0.4) is 0 Å². The first-order chi connectivity index (χ1) is 7.54. The number of aryl methyl sites for hydroxylation is 1. The second-order valence-corrected chi connectivity index (χ2v) is 3.68. The molecule has 5 heteroatoms. The molecule has 3 N–H and O–H groups in total. The van der Waals surface area contributed by atoms with E-state index in [2.05, 4.69) is 10.3 Å². The highest BCUT2D eigenvalue weighted by atomic mass is 16.2. The van der Waals surface area contributed by atoms with Crippen LogP contribution in [-0.4, -0.2) is 31.0 Å². The predicted molar refractivity (Wildman–Crippen MR) is 65.3 cm³/mol. The van der Waals surface area contributed by atoms with Crippen molar-refractivity contribution < 1.29 is 4.79 Å². The van der Waals surface area contributed by atoms with Crippen LogP contribution >= 0.6 is 0 Å². The molecule has 0 atom stereocenters. The summed E-state index contributed by atoms with van der Waals surface area (Å²) in [5.74, 6) is 0.610. The van der Waals surface area contributed by atoms with E-state index >= 15 is 0 Å². The van der Waals surface area contributed by atoms with Gasteiger partial charge in [-0.3, -0.25) is 4.79 Å². The van der Waals surface area contributed by atoms with Gasteiger partial charge in [0.25, 0.3) is 0 Å². The molecule has 1 aromatic rings. The van der Waals surface area contributed by atoms with Gasteiger partial charge < -0.3 is 16.0 Å². The van der Waals surface area contributed by atoms with Gasteiger partial charge in [-0.1, -0.05) is 0 Å². The number of nitrogens with two attached hydrogens (primary N) is 1. The van der Waals surface area contributed by atoms with Crippen molar-refractivity contribution in [2.24, 2.45) is 0 Å². The second kappa shape index (κ2) is 5.34. The first kappa shape index (κ1) is 12.3. The molecule has 1 aromatic heterocycles. The third kappa shape index (κ3) is 3.12. The lowest BCUT2D eigenvalue weighted by atomic mass is 10.3. The van der Waals surface area contributed by atoms with E-state index in [1.165, 1.54) is 0 Å². The Morgan fingerprint density at radius 1 is 1.56 bits per heavy atom. The average molecular weight is 222 g/mol. The predicted octanol–water partition coefficient (Wildman–Crippen LogP) is 0.545. The maximum absolute atomic E-state index is 11.4. The molecule has 0 aliphatic heterocycles. The van der Waals surface area contributed by atoms with Gasteiger partial charge in [-0.2, -0.15) is 0 Å². The van der Waals surface area contributed by atoms with E-state index < -0.39 is 0 Å². The molecular weight excluding hydrogens is 204 g/mol.